The zero-order valence-electron chi connectivity index (χ0n) is 12.8. The molecule has 0 radical (unpaired) electrons. The van der Waals surface area contributed by atoms with Crippen molar-refractivity contribution >= 4 is 22.8 Å². The maximum atomic E-state index is 11.9. The average molecular weight is 299 g/mol. The van der Waals surface area contributed by atoms with Gasteiger partial charge in [-0.15, -0.1) is 0 Å². The number of nitrogens with zero attached hydrogens (tertiary/aromatic N) is 4. The molecule has 1 N–H and O–H groups in total. The van der Waals surface area contributed by atoms with Crippen LogP contribution in [0.1, 0.15) is 25.7 Å². The van der Waals surface area contributed by atoms with Gasteiger partial charge in [0.25, 0.3) is 0 Å². The Balaban J connectivity index is 1.45. The molecule has 0 unspecified atom stereocenters. The molecule has 22 heavy (non-hydrogen) atoms. The first kappa shape index (κ1) is 13.5. The summed E-state index contributed by atoms with van der Waals surface area (Å²) in [6.07, 6.45) is 7.76. The van der Waals surface area contributed by atoms with E-state index in [1.165, 1.54) is 0 Å². The van der Waals surface area contributed by atoms with Gasteiger partial charge < -0.3 is 14.8 Å². The molecule has 2 aromatic rings. The summed E-state index contributed by atoms with van der Waals surface area (Å²) in [5.74, 6) is 1.56. The number of hydrogen-bond acceptors (Lipinski definition) is 4. The summed E-state index contributed by atoms with van der Waals surface area (Å²) in [5, 5.41) is 4.29. The minimum absolute atomic E-state index is 0.255. The van der Waals surface area contributed by atoms with Gasteiger partial charge in [-0.3, -0.25) is 4.79 Å². The zero-order valence-corrected chi connectivity index (χ0v) is 12.8. The van der Waals surface area contributed by atoms with Gasteiger partial charge in [0, 0.05) is 38.3 Å². The van der Waals surface area contributed by atoms with Crippen LogP contribution in [0.4, 0.5) is 5.82 Å². The van der Waals surface area contributed by atoms with Gasteiger partial charge in [-0.2, -0.15) is 0 Å². The maximum Gasteiger partial charge on any atom is 0.223 e. The number of rotatable bonds is 3. The van der Waals surface area contributed by atoms with Crippen LogP contribution in [-0.4, -0.2) is 39.6 Å². The number of fused-ring (bicyclic) bond motifs is 1. The number of anilines is 1. The smallest absolute Gasteiger partial charge is 0.223 e. The summed E-state index contributed by atoms with van der Waals surface area (Å²) in [5.41, 5.74) is 0.967. The largest absolute Gasteiger partial charge is 0.356 e. The van der Waals surface area contributed by atoms with Gasteiger partial charge >= 0.3 is 0 Å². The lowest BCUT2D eigenvalue weighted by Crippen LogP contribution is -2.45. The minimum Gasteiger partial charge on any atom is -0.356 e. The SMILES string of the molecule is Cn1ccc2c(N3CCC(NC(=O)C4CC4)CC3)ncnc21. The van der Waals surface area contributed by atoms with Crippen molar-refractivity contribution in [2.24, 2.45) is 13.0 Å². The fourth-order valence-corrected chi connectivity index (χ4v) is 3.22. The molecule has 1 amide bonds. The van der Waals surface area contributed by atoms with Gasteiger partial charge in [-0.05, 0) is 31.7 Å². The number of hydrogen-bond donors (Lipinski definition) is 1. The van der Waals surface area contributed by atoms with Crippen molar-refractivity contribution in [1.29, 1.82) is 0 Å². The highest BCUT2D eigenvalue weighted by molar-refractivity contribution is 5.87. The van der Waals surface area contributed by atoms with E-state index in [0.29, 0.717) is 12.0 Å². The van der Waals surface area contributed by atoms with Crippen LogP contribution in [0.2, 0.25) is 0 Å². The second-order valence-electron chi connectivity index (χ2n) is 6.41. The lowest BCUT2D eigenvalue weighted by atomic mass is 10.0. The Hall–Kier alpha value is -2.11. The first-order chi connectivity index (χ1) is 10.7. The third-order valence-corrected chi connectivity index (χ3v) is 4.73. The van der Waals surface area contributed by atoms with Crippen LogP contribution < -0.4 is 10.2 Å². The Morgan fingerprint density at radius 3 is 2.73 bits per heavy atom. The molecule has 1 saturated carbocycles. The number of amides is 1. The Morgan fingerprint density at radius 2 is 2.00 bits per heavy atom. The molecule has 0 spiro atoms. The van der Waals surface area contributed by atoms with Gasteiger partial charge in [0.1, 0.15) is 17.8 Å². The number of piperidine rings is 1. The van der Waals surface area contributed by atoms with Gasteiger partial charge in [0.15, 0.2) is 0 Å². The van der Waals surface area contributed by atoms with E-state index in [4.69, 9.17) is 0 Å². The highest BCUT2D eigenvalue weighted by Gasteiger charge is 2.32. The van der Waals surface area contributed by atoms with Crippen LogP contribution >= 0.6 is 0 Å². The zero-order chi connectivity index (χ0) is 15.1. The molecular formula is C16H21N5O. The van der Waals surface area contributed by atoms with E-state index in [1.807, 2.05) is 17.8 Å². The second-order valence-corrected chi connectivity index (χ2v) is 6.41. The lowest BCUT2D eigenvalue weighted by molar-refractivity contribution is -0.123. The van der Waals surface area contributed by atoms with Crippen molar-refractivity contribution in [2.75, 3.05) is 18.0 Å². The van der Waals surface area contributed by atoms with Crippen molar-refractivity contribution < 1.29 is 4.79 Å². The fourth-order valence-electron chi connectivity index (χ4n) is 3.22. The Kier molecular flexibility index (Phi) is 3.24. The summed E-state index contributed by atoms with van der Waals surface area (Å²) < 4.78 is 2.02. The molecule has 4 rings (SSSR count). The van der Waals surface area contributed by atoms with E-state index >= 15 is 0 Å². The molecule has 6 heteroatoms. The summed E-state index contributed by atoms with van der Waals surface area (Å²) in [6, 6.07) is 2.39. The van der Waals surface area contributed by atoms with Gasteiger partial charge in [0.05, 0.1) is 5.39 Å². The van der Waals surface area contributed by atoms with E-state index in [-0.39, 0.29) is 5.91 Å². The monoisotopic (exact) mass is 299 g/mol. The molecule has 2 fully saturated rings. The van der Waals surface area contributed by atoms with Gasteiger partial charge in [0.2, 0.25) is 5.91 Å². The van der Waals surface area contributed by atoms with Crippen LogP contribution in [0.5, 0.6) is 0 Å². The van der Waals surface area contributed by atoms with Crippen LogP contribution in [0.25, 0.3) is 11.0 Å². The van der Waals surface area contributed by atoms with Gasteiger partial charge in [-0.1, -0.05) is 0 Å². The molecule has 0 atom stereocenters. The standard InChI is InChI=1S/C16H21N5O/c1-20-7-6-13-14(20)17-10-18-15(13)21-8-4-12(5-9-21)19-16(22)11-2-3-11/h6-7,10-12H,2-5,8-9H2,1H3,(H,19,22). The van der Waals surface area contributed by atoms with Crippen molar-refractivity contribution in [3.8, 4) is 0 Å². The predicted octanol–water partition coefficient (Wildman–Crippen LogP) is 1.46. The summed E-state index contributed by atoms with van der Waals surface area (Å²) >= 11 is 0. The average Bonchev–Trinajstić information content (AvgIpc) is 3.32. The molecule has 3 heterocycles. The van der Waals surface area contributed by atoms with Gasteiger partial charge in [-0.25, -0.2) is 9.97 Å². The molecular weight excluding hydrogens is 278 g/mol. The Morgan fingerprint density at radius 1 is 1.23 bits per heavy atom. The molecule has 1 aliphatic heterocycles. The van der Waals surface area contributed by atoms with Crippen LogP contribution in [0.15, 0.2) is 18.6 Å². The van der Waals surface area contributed by atoms with Crippen LogP contribution in [0.3, 0.4) is 0 Å². The molecule has 1 saturated heterocycles. The number of carbonyl (C=O) groups is 1. The molecule has 2 aromatic heterocycles. The highest BCUT2D eigenvalue weighted by Crippen LogP contribution is 2.30. The first-order valence-corrected chi connectivity index (χ1v) is 8.04. The van der Waals surface area contributed by atoms with E-state index in [0.717, 1.165) is 55.6 Å². The number of nitrogens with one attached hydrogen (secondary N) is 1. The van der Waals surface area contributed by atoms with Crippen molar-refractivity contribution in [1.82, 2.24) is 19.9 Å². The number of carbonyl (C=O) groups excluding carboxylic acids is 1. The Bertz CT molecular complexity index is 698. The normalized spacial score (nSPS) is 19.6. The van der Waals surface area contributed by atoms with Crippen molar-refractivity contribution in [3.05, 3.63) is 18.6 Å². The predicted molar refractivity (Wildman–Crippen MR) is 84.6 cm³/mol. The molecule has 6 nitrogen and oxygen atoms in total. The van der Waals surface area contributed by atoms with Crippen LogP contribution in [-0.2, 0) is 11.8 Å². The third kappa shape index (κ3) is 2.42. The second kappa shape index (κ2) is 5.26. The number of aromatic nitrogens is 3. The summed E-state index contributed by atoms with van der Waals surface area (Å²) in [6.45, 7) is 1.85. The van der Waals surface area contributed by atoms with E-state index < -0.39 is 0 Å². The number of aryl methyl sites for hydroxylation is 1. The van der Waals surface area contributed by atoms with Crippen LogP contribution in [0, 0.1) is 5.92 Å². The molecule has 2 aliphatic rings. The van der Waals surface area contributed by atoms with E-state index in [2.05, 4.69) is 26.3 Å². The lowest BCUT2D eigenvalue weighted by Gasteiger charge is -2.33. The first-order valence-electron chi connectivity index (χ1n) is 8.04. The minimum atomic E-state index is 0.255. The summed E-state index contributed by atoms with van der Waals surface area (Å²) in [7, 11) is 2.00. The quantitative estimate of drug-likeness (QED) is 0.932. The third-order valence-electron chi connectivity index (χ3n) is 4.73. The fraction of sp³-hybridized carbons (Fsp3) is 0.562. The Labute approximate surface area is 129 Å². The summed E-state index contributed by atoms with van der Waals surface area (Å²) in [4.78, 5) is 23.0. The van der Waals surface area contributed by atoms with E-state index in [1.54, 1.807) is 6.33 Å². The molecule has 0 bridgehead atoms. The molecule has 0 aromatic carbocycles. The van der Waals surface area contributed by atoms with Crippen molar-refractivity contribution in [2.45, 2.75) is 31.7 Å². The molecule has 1 aliphatic carbocycles. The van der Waals surface area contributed by atoms with Crippen molar-refractivity contribution in [3.63, 3.8) is 0 Å². The maximum absolute atomic E-state index is 11.9. The highest BCUT2D eigenvalue weighted by atomic mass is 16.2. The topological polar surface area (TPSA) is 63.0 Å². The molecule has 116 valence electrons. The van der Waals surface area contributed by atoms with E-state index in [9.17, 15) is 4.79 Å².